The summed E-state index contributed by atoms with van der Waals surface area (Å²) in [5.74, 6) is -0.901. The van der Waals surface area contributed by atoms with Crippen LogP contribution in [0.4, 0.5) is 14.5 Å². The van der Waals surface area contributed by atoms with E-state index in [9.17, 15) is 13.6 Å². The van der Waals surface area contributed by atoms with Gasteiger partial charge in [-0.1, -0.05) is 18.2 Å². The van der Waals surface area contributed by atoms with Crippen LogP contribution in [0.3, 0.4) is 0 Å². The van der Waals surface area contributed by atoms with Crippen molar-refractivity contribution < 1.29 is 13.2 Å². The summed E-state index contributed by atoms with van der Waals surface area (Å²) < 4.78 is 37.7. The minimum absolute atomic E-state index is 0.101. The van der Waals surface area contributed by atoms with Crippen LogP contribution in [-0.4, -0.2) is 20.3 Å². The van der Waals surface area contributed by atoms with Crippen LogP contribution in [-0.2, 0) is 7.05 Å². The summed E-state index contributed by atoms with van der Waals surface area (Å²) in [5.41, 5.74) is 2.00. The highest BCUT2D eigenvalue weighted by atomic mass is 32.1. The number of aromatic nitrogens is 3. The zero-order valence-electron chi connectivity index (χ0n) is 18.7. The summed E-state index contributed by atoms with van der Waals surface area (Å²) >= 11 is 1.25. The molecule has 0 saturated carbocycles. The second-order valence-electron chi connectivity index (χ2n) is 7.62. The van der Waals surface area contributed by atoms with Crippen molar-refractivity contribution in [1.29, 1.82) is 0 Å². The van der Waals surface area contributed by atoms with Crippen molar-refractivity contribution in [2.75, 3.05) is 0 Å². The number of thiazole rings is 1. The molecule has 0 radical (unpaired) electrons. The van der Waals surface area contributed by atoms with Crippen molar-refractivity contribution in [3.8, 4) is 17.1 Å². The van der Waals surface area contributed by atoms with Crippen molar-refractivity contribution in [3.05, 3.63) is 110 Å². The Morgan fingerprint density at radius 2 is 1.86 bits per heavy atom. The van der Waals surface area contributed by atoms with E-state index in [-0.39, 0.29) is 16.8 Å². The lowest BCUT2D eigenvalue weighted by atomic mass is 10.2. The standard InChI is InChI=1S/C25H19F2N5O2S/c1-16-23(24(33)32(30(16)2)19-7-4-3-5-8-19)29-25-31(21(15-35-25)22-9-6-12-34-22)28-14-17-10-11-18(26)13-20(17)27/h3-15H,1-2H3. The van der Waals surface area contributed by atoms with Gasteiger partial charge in [0.2, 0.25) is 4.80 Å². The van der Waals surface area contributed by atoms with Gasteiger partial charge in [0.05, 0.1) is 23.9 Å². The molecule has 0 saturated heterocycles. The molecule has 0 aliphatic rings. The molecule has 0 aliphatic heterocycles. The van der Waals surface area contributed by atoms with Crippen molar-refractivity contribution in [1.82, 2.24) is 14.0 Å². The fourth-order valence-electron chi connectivity index (χ4n) is 3.59. The molecule has 10 heteroatoms. The predicted molar refractivity (Wildman–Crippen MR) is 130 cm³/mol. The summed E-state index contributed by atoms with van der Waals surface area (Å²) in [6, 6.07) is 16.0. The zero-order valence-corrected chi connectivity index (χ0v) is 19.5. The highest BCUT2D eigenvalue weighted by molar-refractivity contribution is 7.07. The number of rotatable bonds is 5. The largest absolute Gasteiger partial charge is 0.463 e. The Balaban J connectivity index is 1.68. The van der Waals surface area contributed by atoms with E-state index >= 15 is 0 Å². The minimum Gasteiger partial charge on any atom is -0.463 e. The van der Waals surface area contributed by atoms with Crippen molar-refractivity contribution in [3.63, 3.8) is 0 Å². The van der Waals surface area contributed by atoms with Crippen molar-refractivity contribution >= 4 is 23.2 Å². The monoisotopic (exact) mass is 491 g/mol. The van der Waals surface area contributed by atoms with E-state index in [0.717, 1.165) is 12.1 Å². The van der Waals surface area contributed by atoms with Crippen LogP contribution in [0.5, 0.6) is 0 Å². The topological polar surface area (TPSA) is 69.7 Å². The number of halogens is 2. The SMILES string of the molecule is Cc1c(N=c2scc(-c3ccco3)n2N=Cc2ccc(F)cc2F)c(=O)n(-c2ccccc2)n1C. The number of nitrogens with zero attached hydrogens (tertiary/aromatic N) is 5. The number of hydrogen-bond acceptors (Lipinski definition) is 5. The molecule has 0 N–H and O–H groups in total. The molecule has 0 amide bonds. The Labute approximate surface area is 202 Å². The van der Waals surface area contributed by atoms with Crippen LogP contribution in [0.2, 0.25) is 0 Å². The summed E-state index contributed by atoms with van der Waals surface area (Å²) in [7, 11) is 1.79. The van der Waals surface area contributed by atoms with E-state index in [0.29, 0.717) is 27.6 Å². The lowest BCUT2D eigenvalue weighted by molar-refractivity contribution is 0.575. The van der Waals surface area contributed by atoms with E-state index in [2.05, 4.69) is 10.1 Å². The molecule has 3 heterocycles. The quantitative estimate of drug-likeness (QED) is 0.325. The van der Waals surface area contributed by atoms with Crippen molar-refractivity contribution in [2.24, 2.45) is 17.1 Å². The van der Waals surface area contributed by atoms with E-state index in [1.165, 1.54) is 39.2 Å². The Kier molecular flexibility index (Phi) is 5.87. The Morgan fingerprint density at radius 1 is 1.06 bits per heavy atom. The molecule has 0 bridgehead atoms. The van der Waals surface area contributed by atoms with Gasteiger partial charge in [0.15, 0.2) is 11.4 Å². The zero-order chi connectivity index (χ0) is 24.5. The molecule has 176 valence electrons. The average molecular weight is 492 g/mol. The fraction of sp³-hybridized carbons (Fsp3) is 0.0800. The Hall–Kier alpha value is -4.31. The summed E-state index contributed by atoms with van der Waals surface area (Å²) in [5, 5.41) is 6.18. The van der Waals surface area contributed by atoms with Crippen LogP contribution in [0, 0.1) is 18.6 Å². The molecule has 7 nitrogen and oxygen atoms in total. The van der Waals surface area contributed by atoms with E-state index in [4.69, 9.17) is 4.42 Å². The highest BCUT2D eigenvalue weighted by Gasteiger charge is 2.17. The van der Waals surface area contributed by atoms with Gasteiger partial charge in [-0.3, -0.25) is 9.48 Å². The van der Waals surface area contributed by atoms with Gasteiger partial charge in [0, 0.05) is 24.1 Å². The molecular formula is C25H19F2N5O2S. The summed E-state index contributed by atoms with van der Waals surface area (Å²) in [4.78, 5) is 18.3. The van der Waals surface area contributed by atoms with Gasteiger partial charge in [-0.2, -0.15) is 5.10 Å². The normalized spacial score (nSPS) is 12.2. The third-order valence-electron chi connectivity index (χ3n) is 5.47. The maximum Gasteiger partial charge on any atom is 0.297 e. The molecule has 3 aromatic heterocycles. The highest BCUT2D eigenvalue weighted by Crippen LogP contribution is 2.22. The van der Waals surface area contributed by atoms with Gasteiger partial charge in [-0.15, -0.1) is 11.3 Å². The molecule has 35 heavy (non-hydrogen) atoms. The summed E-state index contributed by atoms with van der Waals surface area (Å²) in [6.45, 7) is 1.81. The molecule has 5 rings (SSSR count). The van der Waals surface area contributed by atoms with E-state index < -0.39 is 11.6 Å². The first kappa shape index (κ1) is 22.5. The summed E-state index contributed by atoms with van der Waals surface area (Å²) in [6.07, 6.45) is 2.80. The third-order valence-corrected chi connectivity index (χ3v) is 6.28. The second-order valence-corrected chi connectivity index (χ2v) is 8.46. The van der Waals surface area contributed by atoms with Crippen LogP contribution < -0.4 is 10.4 Å². The molecule has 2 aromatic carbocycles. The average Bonchev–Trinajstić information content (AvgIpc) is 3.56. The third kappa shape index (κ3) is 4.19. The number of hydrogen-bond donors (Lipinski definition) is 0. The molecule has 0 atom stereocenters. The molecule has 0 aliphatic carbocycles. The lowest BCUT2D eigenvalue weighted by Gasteiger charge is -2.07. The smallest absolute Gasteiger partial charge is 0.297 e. The number of furan rings is 1. The maximum atomic E-state index is 14.2. The number of benzene rings is 2. The fourth-order valence-corrected chi connectivity index (χ4v) is 4.41. The maximum absolute atomic E-state index is 14.2. The van der Waals surface area contributed by atoms with Gasteiger partial charge >= 0.3 is 0 Å². The van der Waals surface area contributed by atoms with E-state index in [1.54, 1.807) is 29.2 Å². The Bertz CT molecular complexity index is 1660. The van der Waals surface area contributed by atoms with Crippen LogP contribution in [0.1, 0.15) is 11.3 Å². The lowest BCUT2D eigenvalue weighted by Crippen LogP contribution is -2.19. The van der Waals surface area contributed by atoms with Crippen LogP contribution in [0.25, 0.3) is 17.1 Å². The van der Waals surface area contributed by atoms with Crippen molar-refractivity contribution in [2.45, 2.75) is 6.92 Å². The molecule has 0 fully saturated rings. The van der Waals surface area contributed by atoms with Gasteiger partial charge < -0.3 is 4.42 Å². The molecule has 5 aromatic rings. The first-order valence-electron chi connectivity index (χ1n) is 10.6. The Morgan fingerprint density at radius 3 is 2.57 bits per heavy atom. The molecule has 0 unspecified atom stereocenters. The molecular weight excluding hydrogens is 472 g/mol. The first-order chi connectivity index (χ1) is 16.9. The predicted octanol–water partition coefficient (Wildman–Crippen LogP) is 5.00. The first-order valence-corrected chi connectivity index (χ1v) is 11.4. The van der Waals surface area contributed by atoms with E-state index in [1.807, 2.05) is 37.3 Å². The van der Waals surface area contributed by atoms with Crippen LogP contribution >= 0.6 is 11.3 Å². The van der Waals surface area contributed by atoms with Gasteiger partial charge in [-0.25, -0.2) is 23.1 Å². The van der Waals surface area contributed by atoms with Gasteiger partial charge in [0.25, 0.3) is 5.56 Å². The van der Waals surface area contributed by atoms with Gasteiger partial charge in [0.1, 0.15) is 17.3 Å². The second kappa shape index (κ2) is 9.15. The molecule has 0 spiro atoms. The number of para-hydroxylation sites is 1. The minimum atomic E-state index is -0.743. The van der Waals surface area contributed by atoms with Gasteiger partial charge in [-0.05, 0) is 43.3 Å². The van der Waals surface area contributed by atoms with Crippen LogP contribution in [0.15, 0.2) is 91.6 Å².